The lowest BCUT2D eigenvalue weighted by Gasteiger charge is -2.08. The van der Waals surface area contributed by atoms with Crippen molar-refractivity contribution in [2.45, 2.75) is 24.9 Å². The van der Waals surface area contributed by atoms with Crippen LogP contribution in [0.25, 0.3) is 0 Å². The third kappa shape index (κ3) is 4.29. The third-order valence-corrected chi connectivity index (χ3v) is 4.31. The van der Waals surface area contributed by atoms with Gasteiger partial charge in [-0.3, -0.25) is 0 Å². The number of aryl methyl sites for hydroxylation is 1. The van der Waals surface area contributed by atoms with Crippen molar-refractivity contribution in [3.8, 4) is 0 Å². The molecule has 1 aromatic heterocycles. The lowest BCUT2D eigenvalue weighted by molar-refractivity contribution is -0.137. The number of carbonyl (C=O) groups is 1. The molecule has 0 radical (unpaired) electrons. The van der Waals surface area contributed by atoms with Crippen LogP contribution >= 0.6 is 0 Å². The van der Waals surface area contributed by atoms with E-state index in [0.717, 1.165) is 12.1 Å². The summed E-state index contributed by atoms with van der Waals surface area (Å²) < 4.78 is 73.6. The minimum absolute atomic E-state index is 0.0889. The smallest absolute Gasteiger partial charge is 0.416 e. The maximum Gasteiger partial charge on any atom is 0.416 e. The minimum atomic E-state index is -4.58. The molecule has 0 unspecified atom stereocenters. The Labute approximate surface area is 140 Å². The van der Waals surface area contributed by atoms with Crippen LogP contribution < -0.4 is 4.72 Å². The van der Waals surface area contributed by atoms with Gasteiger partial charge in [-0.05, 0) is 38.1 Å². The van der Waals surface area contributed by atoms with Crippen molar-refractivity contribution in [1.82, 2.24) is 4.98 Å². The topological polar surface area (TPSA) is 98.5 Å². The number of aromatic nitrogens is 1. The van der Waals surface area contributed by atoms with Gasteiger partial charge in [0.25, 0.3) is 10.0 Å². The Morgan fingerprint density at radius 1 is 1.28 bits per heavy atom. The van der Waals surface area contributed by atoms with Crippen LogP contribution in [0.4, 0.5) is 19.2 Å². The Bertz CT molecular complexity index is 873. The largest absolute Gasteiger partial charge is 0.460 e. The second-order valence-corrected chi connectivity index (χ2v) is 6.46. The molecule has 0 aliphatic heterocycles. The number of nitrogens with one attached hydrogen (secondary N) is 1. The average Bonchev–Trinajstić information content (AvgIpc) is 2.86. The fourth-order valence-electron chi connectivity index (χ4n) is 1.82. The van der Waals surface area contributed by atoms with E-state index in [-0.39, 0.29) is 18.1 Å². The normalized spacial score (nSPS) is 12.0. The van der Waals surface area contributed by atoms with Crippen molar-refractivity contribution >= 4 is 22.0 Å². The molecule has 0 fully saturated rings. The van der Waals surface area contributed by atoms with Crippen molar-refractivity contribution in [3.05, 3.63) is 41.3 Å². The molecule has 0 bridgehead atoms. The van der Waals surface area contributed by atoms with Crippen LogP contribution in [0.1, 0.15) is 28.7 Å². The van der Waals surface area contributed by atoms with Gasteiger partial charge in [-0.2, -0.15) is 18.2 Å². The SMILES string of the molecule is CCOC(=O)c1oc(NS(=O)(=O)c2ccc(C(F)(F)F)cc2)nc1C. The van der Waals surface area contributed by atoms with Crippen molar-refractivity contribution in [2.75, 3.05) is 11.3 Å². The van der Waals surface area contributed by atoms with Crippen molar-refractivity contribution < 1.29 is 35.5 Å². The molecular formula is C14H13F3N2O5S. The number of oxazole rings is 1. The number of nitrogens with zero attached hydrogens (tertiary/aromatic N) is 1. The first-order valence-electron chi connectivity index (χ1n) is 6.89. The number of hydrogen-bond acceptors (Lipinski definition) is 6. The molecule has 0 saturated heterocycles. The fraction of sp³-hybridized carbons (Fsp3) is 0.286. The molecule has 0 spiro atoms. The van der Waals surface area contributed by atoms with Gasteiger partial charge in [-0.25, -0.2) is 17.9 Å². The predicted molar refractivity (Wildman–Crippen MR) is 79.4 cm³/mol. The van der Waals surface area contributed by atoms with Gasteiger partial charge in [-0.1, -0.05) is 0 Å². The quantitative estimate of drug-likeness (QED) is 0.803. The zero-order valence-electron chi connectivity index (χ0n) is 13.0. The highest BCUT2D eigenvalue weighted by molar-refractivity contribution is 7.92. The van der Waals surface area contributed by atoms with E-state index < -0.39 is 38.6 Å². The second kappa shape index (κ2) is 6.75. The Morgan fingerprint density at radius 3 is 2.40 bits per heavy atom. The number of esters is 1. The summed E-state index contributed by atoms with van der Waals surface area (Å²) in [5, 5.41) is 0. The van der Waals surface area contributed by atoms with Crippen LogP contribution in [-0.4, -0.2) is 26.0 Å². The van der Waals surface area contributed by atoms with Crippen LogP contribution in [0, 0.1) is 6.92 Å². The summed E-state index contributed by atoms with van der Waals surface area (Å²) in [6.45, 7) is 3.08. The van der Waals surface area contributed by atoms with Gasteiger partial charge in [0.2, 0.25) is 5.76 Å². The summed E-state index contributed by atoms with van der Waals surface area (Å²) in [5.41, 5.74) is -0.883. The molecule has 0 atom stereocenters. The first-order valence-corrected chi connectivity index (χ1v) is 8.37. The van der Waals surface area contributed by atoms with Gasteiger partial charge in [0, 0.05) is 0 Å². The number of alkyl halides is 3. The van der Waals surface area contributed by atoms with E-state index in [1.54, 1.807) is 6.92 Å². The fourth-order valence-corrected chi connectivity index (χ4v) is 2.75. The maximum atomic E-state index is 12.5. The van der Waals surface area contributed by atoms with E-state index in [1.165, 1.54) is 6.92 Å². The van der Waals surface area contributed by atoms with Gasteiger partial charge in [0.1, 0.15) is 0 Å². The van der Waals surface area contributed by atoms with Crippen LogP contribution in [0.5, 0.6) is 0 Å². The molecule has 0 aliphatic rings. The van der Waals surface area contributed by atoms with E-state index >= 15 is 0 Å². The van der Waals surface area contributed by atoms with Gasteiger partial charge < -0.3 is 9.15 Å². The minimum Gasteiger partial charge on any atom is -0.460 e. The number of benzene rings is 1. The highest BCUT2D eigenvalue weighted by Gasteiger charge is 2.31. The molecule has 1 aromatic carbocycles. The van der Waals surface area contributed by atoms with Crippen molar-refractivity contribution in [1.29, 1.82) is 0 Å². The van der Waals surface area contributed by atoms with Crippen LogP contribution in [-0.2, 0) is 20.9 Å². The first kappa shape index (κ1) is 18.8. The van der Waals surface area contributed by atoms with Crippen LogP contribution in [0.3, 0.4) is 0 Å². The number of ether oxygens (including phenoxy) is 1. The van der Waals surface area contributed by atoms with E-state index in [2.05, 4.69) is 4.98 Å². The number of hydrogen-bond donors (Lipinski definition) is 1. The lowest BCUT2D eigenvalue weighted by atomic mass is 10.2. The lowest BCUT2D eigenvalue weighted by Crippen LogP contribution is -2.14. The highest BCUT2D eigenvalue weighted by Crippen LogP contribution is 2.30. The molecule has 2 aromatic rings. The molecule has 7 nitrogen and oxygen atoms in total. The maximum absolute atomic E-state index is 12.5. The number of anilines is 1. The first-order chi connectivity index (χ1) is 11.5. The summed E-state index contributed by atoms with van der Waals surface area (Å²) in [4.78, 5) is 14.9. The van der Waals surface area contributed by atoms with Crippen molar-refractivity contribution in [3.63, 3.8) is 0 Å². The summed E-state index contributed by atoms with van der Waals surface area (Å²) in [7, 11) is -4.24. The zero-order chi connectivity index (χ0) is 18.8. The Morgan fingerprint density at radius 2 is 1.88 bits per heavy atom. The molecule has 1 N–H and O–H groups in total. The summed E-state index contributed by atoms with van der Waals surface area (Å²) in [6, 6.07) is 2.37. The Balaban J connectivity index is 2.24. The summed E-state index contributed by atoms with van der Waals surface area (Å²) in [6.07, 6.45) is -4.58. The van der Waals surface area contributed by atoms with Gasteiger partial charge in [0.15, 0.2) is 0 Å². The number of sulfonamides is 1. The second-order valence-electron chi connectivity index (χ2n) is 4.78. The van der Waals surface area contributed by atoms with Crippen LogP contribution in [0.15, 0.2) is 33.6 Å². The molecule has 0 saturated carbocycles. The molecule has 0 aliphatic carbocycles. The van der Waals surface area contributed by atoms with Gasteiger partial charge in [0.05, 0.1) is 22.8 Å². The monoisotopic (exact) mass is 378 g/mol. The summed E-state index contributed by atoms with van der Waals surface area (Å²) in [5.74, 6) is -1.08. The third-order valence-electron chi connectivity index (χ3n) is 2.97. The molecular weight excluding hydrogens is 365 g/mol. The Hall–Kier alpha value is -2.56. The van der Waals surface area contributed by atoms with E-state index in [4.69, 9.17) is 9.15 Å². The number of rotatable bonds is 5. The van der Waals surface area contributed by atoms with Gasteiger partial charge in [-0.15, -0.1) is 0 Å². The van der Waals surface area contributed by atoms with E-state index in [1.807, 2.05) is 4.72 Å². The Kier molecular flexibility index (Phi) is 5.07. The van der Waals surface area contributed by atoms with E-state index in [0.29, 0.717) is 12.1 Å². The zero-order valence-corrected chi connectivity index (χ0v) is 13.9. The van der Waals surface area contributed by atoms with Crippen LogP contribution in [0.2, 0.25) is 0 Å². The molecule has 136 valence electrons. The number of halogens is 3. The highest BCUT2D eigenvalue weighted by atomic mass is 32.2. The van der Waals surface area contributed by atoms with Gasteiger partial charge >= 0.3 is 18.2 Å². The summed E-state index contributed by atoms with van der Waals surface area (Å²) >= 11 is 0. The molecule has 25 heavy (non-hydrogen) atoms. The molecule has 1 heterocycles. The molecule has 11 heteroatoms. The van der Waals surface area contributed by atoms with Crippen molar-refractivity contribution in [2.24, 2.45) is 0 Å². The number of carbonyl (C=O) groups excluding carboxylic acids is 1. The average molecular weight is 378 g/mol. The predicted octanol–water partition coefficient (Wildman–Crippen LogP) is 2.98. The van der Waals surface area contributed by atoms with E-state index in [9.17, 15) is 26.4 Å². The molecule has 2 rings (SSSR count). The standard InChI is InChI=1S/C14H13F3N2O5S/c1-3-23-12(20)11-8(2)18-13(24-11)19-25(21,22)10-6-4-9(5-7-10)14(15,16)17/h4-7H,3H2,1-2H3,(H,18,19). The molecule has 0 amide bonds.